The maximum Gasteiger partial charge on any atom is 0.257 e. The average Bonchev–Trinajstić information content (AvgIpc) is 3.10. The molecule has 3 aromatic rings. The smallest absolute Gasteiger partial charge is 0.257 e. The molecular weight excluding hydrogens is 366 g/mol. The Morgan fingerprint density at radius 3 is 2.54 bits per heavy atom. The van der Waals surface area contributed by atoms with Gasteiger partial charge in [-0.25, -0.2) is 4.98 Å². The molecule has 0 fully saturated rings. The average molecular weight is 392 g/mol. The number of rotatable bonds is 6. The minimum absolute atomic E-state index is 0.176. The molecule has 0 saturated heterocycles. The molecule has 1 aromatic carbocycles. The van der Waals surface area contributed by atoms with E-state index in [0.717, 1.165) is 17.7 Å². The van der Waals surface area contributed by atoms with Gasteiger partial charge in [-0.2, -0.15) is 0 Å². The van der Waals surface area contributed by atoms with Crippen molar-refractivity contribution in [2.75, 3.05) is 5.32 Å². The van der Waals surface area contributed by atoms with Gasteiger partial charge in [0.2, 0.25) is 0 Å². The Kier molecular flexibility index (Phi) is 6.37. The molecule has 1 unspecified atom stereocenters. The van der Waals surface area contributed by atoms with E-state index in [1.54, 1.807) is 24.5 Å². The minimum atomic E-state index is -0.176. The van der Waals surface area contributed by atoms with Crippen LogP contribution in [0.25, 0.3) is 11.3 Å². The highest BCUT2D eigenvalue weighted by molar-refractivity contribution is 7.14. The Bertz CT molecular complexity index is 969. The molecule has 0 radical (unpaired) electrons. The quantitative estimate of drug-likeness (QED) is 0.538. The molecule has 0 aliphatic rings. The summed E-state index contributed by atoms with van der Waals surface area (Å²) in [6.45, 7) is 8.54. The van der Waals surface area contributed by atoms with E-state index in [9.17, 15) is 4.79 Å². The summed E-state index contributed by atoms with van der Waals surface area (Å²) < 4.78 is 0. The summed E-state index contributed by atoms with van der Waals surface area (Å²) in [5, 5.41) is 5.47. The second-order valence-corrected chi connectivity index (χ2v) is 7.90. The Labute approximate surface area is 170 Å². The third-order valence-electron chi connectivity index (χ3n) is 4.59. The summed E-state index contributed by atoms with van der Waals surface area (Å²) in [5.41, 5.74) is 6.37. The van der Waals surface area contributed by atoms with Gasteiger partial charge in [0.25, 0.3) is 5.91 Å². The number of carbonyl (C=O) groups is 1. The topological polar surface area (TPSA) is 54.9 Å². The van der Waals surface area contributed by atoms with Crippen LogP contribution in [0, 0.1) is 19.8 Å². The Morgan fingerprint density at radius 2 is 1.89 bits per heavy atom. The summed E-state index contributed by atoms with van der Waals surface area (Å²) >= 11 is 1.44. The molecule has 4 nitrogen and oxygen atoms in total. The van der Waals surface area contributed by atoms with Crippen molar-refractivity contribution in [3.8, 4) is 11.3 Å². The number of carbonyl (C=O) groups excluding carboxylic acids is 1. The van der Waals surface area contributed by atoms with Crippen LogP contribution in [0.15, 0.2) is 54.2 Å². The number of aromatic nitrogens is 2. The Morgan fingerprint density at radius 1 is 1.21 bits per heavy atom. The predicted octanol–water partition coefficient (Wildman–Crippen LogP) is 5.83. The van der Waals surface area contributed by atoms with E-state index in [-0.39, 0.29) is 5.91 Å². The highest BCUT2D eigenvalue weighted by Crippen LogP contribution is 2.32. The monoisotopic (exact) mass is 391 g/mol. The van der Waals surface area contributed by atoms with Crippen LogP contribution >= 0.6 is 11.3 Å². The number of allylic oxidation sites excluding steroid dienone is 2. The van der Waals surface area contributed by atoms with E-state index in [2.05, 4.69) is 67.3 Å². The maximum atomic E-state index is 12.3. The third kappa shape index (κ3) is 4.73. The van der Waals surface area contributed by atoms with Crippen LogP contribution in [0.2, 0.25) is 0 Å². The molecule has 2 aromatic heterocycles. The number of nitrogens with zero attached hydrogens (tertiary/aromatic N) is 2. The molecule has 5 heteroatoms. The molecule has 1 atom stereocenters. The summed E-state index contributed by atoms with van der Waals surface area (Å²) in [6, 6.07) is 7.87. The zero-order chi connectivity index (χ0) is 20.1. The van der Waals surface area contributed by atoms with Crippen molar-refractivity contribution in [3.05, 3.63) is 76.4 Å². The van der Waals surface area contributed by atoms with Gasteiger partial charge in [-0.1, -0.05) is 31.2 Å². The summed E-state index contributed by atoms with van der Waals surface area (Å²) in [7, 11) is 0. The van der Waals surface area contributed by atoms with Gasteiger partial charge < -0.3 is 0 Å². The molecule has 0 aliphatic carbocycles. The number of benzene rings is 1. The van der Waals surface area contributed by atoms with E-state index in [1.807, 2.05) is 5.38 Å². The van der Waals surface area contributed by atoms with Crippen LogP contribution < -0.4 is 5.32 Å². The Hall–Kier alpha value is -2.79. The molecular formula is C23H25N3OS. The molecule has 1 amide bonds. The molecule has 3 rings (SSSR count). The first-order chi connectivity index (χ1) is 13.5. The van der Waals surface area contributed by atoms with Gasteiger partial charge >= 0.3 is 0 Å². The molecule has 144 valence electrons. The second-order valence-electron chi connectivity index (χ2n) is 7.04. The van der Waals surface area contributed by atoms with Crippen LogP contribution in [0.5, 0.6) is 0 Å². The predicted molar refractivity (Wildman–Crippen MR) is 117 cm³/mol. The largest absolute Gasteiger partial charge is 0.298 e. The normalized spacial score (nSPS) is 12.3. The van der Waals surface area contributed by atoms with E-state index in [0.29, 0.717) is 16.6 Å². The zero-order valence-corrected chi connectivity index (χ0v) is 17.5. The first-order valence-corrected chi connectivity index (χ1v) is 10.3. The van der Waals surface area contributed by atoms with Gasteiger partial charge in [-0.3, -0.25) is 15.1 Å². The summed E-state index contributed by atoms with van der Waals surface area (Å²) in [6.07, 6.45) is 8.57. The van der Waals surface area contributed by atoms with Crippen LogP contribution in [0.4, 0.5) is 5.13 Å². The van der Waals surface area contributed by atoms with Crippen molar-refractivity contribution in [2.45, 2.75) is 34.1 Å². The fourth-order valence-electron chi connectivity index (χ4n) is 3.46. The van der Waals surface area contributed by atoms with E-state index in [4.69, 9.17) is 0 Å². The molecule has 2 heterocycles. The molecule has 0 bridgehead atoms. The lowest BCUT2D eigenvalue weighted by Crippen LogP contribution is -2.11. The van der Waals surface area contributed by atoms with Gasteiger partial charge in [0.05, 0.1) is 5.69 Å². The van der Waals surface area contributed by atoms with Crippen molar-refractivity contribution < 1.29 is 4.79 Å². The Balaban J connectivity index is 1.80. The number of hydrogen-bond acceptors (Lipinski definition) is 4. The summed E-state index contributed by atoms with van der Waals surface area (Å²) in [4.78, 5) is 20.9. The number of nitrogens with one attached hydrogen (secondary N) is 1. The SMILES string of the molecule is CC=CC(C)Cc1cc(C)c(-c2csc(NC(=O)c3ccncc3)n2)c(C)c1. The van der Waals surface area contributed by atoms with Crippen LogP contribution in [-0.2, 0) is 6.42 Å². The highest BCUT2D eigenvalue weighted by atomic mass is 32.1. The van der Waals surface area contributed by atoms with Crippen molar-refractivity contribution >= 4 is 22.4 Å². The minimum Gasteiger partial charge on any atom is -0.298 e. The third-order valence-corrected chi connectivity index (χ3v) is 5.35. The molecule has 0 saturated carbocycles. The van der Waals surface area contributed by atoms with Gasteiger partial charge in [-0.15, -0.1) is 11.3 Å². The van der Waals surface area contributed by atoms with E-state index < -0.39 is 0 Å². The first kappa shape index (κ1) is 20.0. The molecule has 0 aliphatic heterocycles. The lowest BCUT2D eigenvalue weighted by atomic mass is 9.93. The molecule has 0 spiro atoms. The fourth-order valence-corrected chi connectivity index (χ4v) is 4.16. The number of hydrogen-bond donors (Lipinski definition) is 1. The molecule has 28 heavy (non-hydrogen) atoms. The van der Waals surface area contributed by atoms with Gasteiger partial charge in [0.1, 0.15) is 0 Å². The van der Waals surface area contributed by atoms with Gasteiger partial charge in [0.15, 0.2) is 5.13 Å². The van der Waals surface area contributed by atoms with Crippen LogP contribution in [-0.4, -0.2) is 15.9 Å². The first-order valence-electron chi connectivity index (χ1n) is 9.38. The maximum absolute atomic E-state index is 12.3. The van der Waals surface area contributed by atoms with Gasteiger partial charge in [-0.05, 0) is 61.9 Å². The number of amides is 1. The van der Waals surface area contributed by atoms with Crippen LogP contribution in [0.1, 0.15) is 40.9 Å². The lowest BCUT2D eigenvalue weighted by molar-refractivity contribution is 0.102. The summed E-state index contributed by atoms with van der Waals surface area (Å²) in [5.74, 6) is 0.342. The van der Waals surface area contributed by atoms with Gasteiger partial charge in [0, 0.05) is 28.9 Å². The van der Waals surface area contributed by atoms with Crippen molar-refractivity contribution in [3.63, 3.8) is 0 Å². The van der Waals surface area contributed by atoms with E-state index in [1.165, 1.54) is 28.0 Å². The fraction of sp³-hybridized carbons (Fsp3) is 0.261. The highest BCUT2D eigenvalue weighted by Gasteiger charge is 2.14. The second kappa shape index (κ2) is 8.93. The van der Waals surface area contributed by atoms with Crippen LogP contribution in [0.3, 0.4) is 0 Å². The van der Waals surface area contributed by atoms with Crippen molar-refractivity contribution in [1.29, 1.82) is 0 Å². The number of aryl methyl sites for hydroxylation is 2. The van der Waals surface area contributed by atoms with E-state index >= 15 is 0 Å². The zero-order valence-electron chi connectivity index (χ0n) is 16.7. The number of anilines is 1. The number of pyridine rings is 1. The van der Waals surface area contributed by atoms with Crippen molar-refractivity contribution in [2.24, 2.45) is 5.92 Å². The standard InChI is InChI=1S/C23H25N3OS/c1-5-6-15(2)11-18-12-16(3)21(17(4)13-18)20-14-28-23(25-20)26-22(27)19-7-9-24-10-8-19/h5-10,12-15H,11H2,1-4H3,(H,25,26,27). The molecule has 1 N–H and O–H groups in total. The lowest BCUT2D eigenvalue weighted by Gasteiger charge is -2.13. The van der Waals surface area contributed by atoms with Crippen molar-refractivity contribution in [1.82, 2.24) is 9.97 Å². The number of thiazole rings is 1.